The highest BCUT2D eigenvalue weighted by Gasteiger charge is 2.18. The number of halogens is 2. The lowest BCUT2D eigenvalue weighted by molar-refractivity contribution is 0.482. The van der Waals surface area contributed by atoms with E-state index in [4.69, 9.17) is 0 Å². The van der Waals surface area contributed by atoms with Crippen molar-refractivity contribution in [3.63, 3.8) is 0 Å². The van der Waals surface area contributed by atoms with Crippen molar-refractivity contribution in [2.75, 3.05) is 6.54 Å². The first-order valence-corrected chi connectivity index (χ1v) is 7.57. The minimum absolute atomic E-state index is 0.0231. The molecule has 2 aromatic rings. The van der Waals surface area contributed by atoms with E-state index in [1.54, 1.807) is 23.5 Å². The number of benzene rings is 1. The van der Waals surface area contributed by atoms with Gasteiger partial charge >= 0.3 is 0 Å². The van der Waals surface area contributed by atoms with Crippen LogP contribution in [0.25, 0.3) is 0 Å². The Morgan fingerprint density at radius 3 is 2.60 bits per heavy atom. The second kappa shape index (κ2) is 6.46. The van der Waals surface area contributed by atoms with Crippen molar-refractivity contribution in [2.24, 2.45) is 0 Å². The molecule has 0 spiro atoms. The maximum Gasteiger partial charge on any atom is 0.162 e. The van der Waals surface area contributed by atoms with Gasteiger partial charge in [-0.1, -0.05) is 19.1 Å². The number of aryl methyl sites for hydroxylation is 2. The lowest BCUT2D eigenvalue weighted by Gasteiger charge is -2.18. The summed E-state index contributed by atoms with van der Waals surface area (Å²) >= 11 is 1.71. The van der Waals surface area contributed by atoms with E-state index in [1.807, 2.05) is 6.92 Å². The fraction of sp³-hybridized carbons (Fsp3) is 0.375. The Hall–Kier alpha value is -1.26. The van der Waals surface area contributed by atoms with Gasteiger partial charge in [-0.2, -0.15) is 0 Å². The van der Waals surface area contributed by atoms with E-state index in [0.29, 0.717) is 12.0 Å². The van der Waals surface area contributed by atoms with Crippen LogP contribution < -0.4 is 5.32 Å². The maximum atomic E-state index is 13.8. The molecule has 0 aliphatic carbocycles. The van der Waals surface area contributed by atoms with Gasteiger partial charge in [0.2, 0.25) is 0 Å². The molecule has 0 aliphatic heterocycles. The molecule has 0 bridgehead atoms. The van der Waals surface area contributed by atoms with E-state index in [1.165, 1.54) is 15.3 Å². The third-order valence-electron chi connectivity index (χ3n) is 3.30. The predicted octanol–water partition coefficient (Wildman–Crippen LogP) is 4.54. The van der Waals surface area contributed by atoms with E-state index in [2.05, 4.69) is 25.2 Å². The molecule has 0 aliphatic rings. The van der Waals surface area contributed by atoms with E-state index in [0.717, 1.165) is 12.6 Å². The molecule has 1 aromatic heterocycles. The summed E-state index contributed by atoms with van der Waals surface area (Å²) in [6, 6.07) is 6.52. The predicted molar refractivity (Wildman–Crippen MR) is 80.3 cm³/mol. The molecule has 1 atom stereocenters. The van der Waals surface area contributed by atoms with Crippen LogP contribution in [0, 0.1) is 25.5 Å². The van der Waals surface area contributed by atoms with E-state index < -0.39 is 11.6 Å². The molecule has 1 aromatic carbocycles. The molecule has 2 rings (SSSR count). The lowest BCUT2D eigenvalue weighted by atomic mass is 10.0. The Morgan fingerprint density at radius 2 is 2.00 bits per heavy atom. The zero-order valence-electron chi connectivity index (χ0n) is 12.0. The second-order valence-corrected chi connectivity index (χ2v) is 6.22. The molecule has 1 heterocycles. The first kappa shape index (κ1) is 15.1. The van der Waals surface area contributed by atoms with Gasteiger partial charge in [0.25, 0.3) is 0 Å². The Balaban J connectivity index is 2.30. The van der Waals surface area contributed by atoms with Crippen molar-refractivity contribution >= 4 is 11.3 Å². The molecule has 1 N–H and O–H groups in total. The highest BCUT2D eigenvalue weighted by atomic mass is 32.1. The fourth-order valence-electron chi connectivity index (χ4n) is 2.44. The summed E-state index contributed by atoms with van der Waals surface area (Å²) < 4.78 is 27.1. The van der Waals surface area contributed by atoms with E-state index in [9.17, 15) is 8.78 Å². The summed E-state index contributed by atoms with van der Waals surface area (Å²) in [7, 11) is 0. The molecule has 0 radical (unpaired) electrons. The van der Waals surface area contributed by atoms with Gasteiger partial charge < -0.3 is 5.32 Å². The van der Waals surface area contributed by atoms with Crippen LogP contribution in [-0.4, -0.2) is 6.54 Å². The Bertz CT molecular complexity index is 592. The number of hydrogen-bond acceptors (Lipinski definition) is 2. The van der Waals surface area contributed by atoms with Crippen LogP contribution in [0.2, 0.25) is 0 Å². The topological polar surface area (TPSA) is 12.0 Å². The van der Waals surface area contributed by atoms with Crippen molar-refractivity contribution in [3.05, 3.63) is 56.8 Å². The Labute approximate surface area is 122 Å². The number of thiophene rings is 1. The van der Waals surface area contributed by atoms with Gasteiger partial charge in [-0.25, -0.2) is 8.78 Å². The standard InChI is InChI=1S/C16H19F2NS/c1-4-19-14(16-10(2)8-11(3)20-16)9-12-6-5-7-13(17)15(12)18/h5-8,14,19H,4,9H2,1-3H3. The Morgan fingerprint density at radius 1 is 1.25 bits per heavy atom. The molecule has 4 heteroatoms. The van der Waals surface area contributed by atoms with Crippen LogP contribution in [0.3, 0.4) is 0 Å². The largest absolute Gasteiger partial charge is 0.309 e. The third-order valence-corrected chi connectivity index (χ3v) is 4.57. The molecule has 0 fully saturated rings. The van der Waals surface area contributed by atoms with Crippen LogP contribution in [0.15, 0.2) is 24.3 Å². The molecule has 108 valence electrons. The van der Waals surface area contributed by atoms with Crippen molar-refractivity contribution < 1.29 is 8.78 Å². The highest BCUT2D eigenvalue weighted by molar-refractivity contribution is 7.12. The van der Waals surface area contributed by atoms with Gasteiger partial charge in [-0.3, -0.25) is 0 Å². The average Bonchev–Trinajstić information content (AvgIpc) is 2.73. The number of nitrogens with one attached hydrogen (secondary N) is 1. The smallest absolute Gasteiger partial charge is 0.162 e. The highest BCUT2D eigenvalue weighted by Crippen LogP contribution is 2.30. The lowest BCUT2D eigenvalue weighted by Crippen LogP contribution is -2.23. The molecular weight excluding hydrogens is 276 g/mol. The molecule has 1 nitrogen and oxygen atoms in total. The fourth-order valence-corrected chi connectivity index (χ4v) is 3.55. The molecule has 0 amide bonds. The molecule has 1 unspecified atom stereocenters. The minimum atomic E-state index is -0.781. The zero-order valence-corrected chi connectivity index (χ0v) is 12.8. The van der Waals surface area contributed by atoms with Crippen LogP contribution in [0.1, 0.15) is 33.8 Å². The van der Waals surface area contributed by atoms with Crippen LogP contribution in [-0.2, 0) is 6.42 Å². The first-order valence-electron chi connectivity index (χ1n) is 6.76. The van der Waals surface area contributed by atoms with E-state index >= 15 is 0 Å². The monoisotopic (exact) mass is 295 g/mol. The number of likely N-dealkylation sites (N-methyl/N-ethyl adjacent to an activating group) is 1. The summed E-state index contributed by atoms with van der Waals surface area (Å²) in [5.74, 6) is -1.52. The Kier molecular flexibility index (Phi) is 4.89. The van der Waals surface area contributed by atoms with Gasteiger partial charge in [0.1, 0.15) is 0 Å². The van der Waals surface area contributed by atoms with Gasteiger partial charge in [-0.05, 0) is 50.1 Å². The van der Waals surface area contributed by atoms with Gasteiger partial charge in [-0.15, -0.1) is 11.3 Å². The SMILES string of the molecule is CCNC(Cc1cccc(F)c1F)c1sc(C)cc1C. The third kappa shape index (κ3) is 3.25. The first-order chi connectivity index (χ1) is 9.52. The van der Waals surface area contributed by atoms with Crippen molar-refractivity contribution in [1.82, 2.24) is 5.32 Å². The van der Waals surface area contributed by atoms with Gasteiger partial charge in [0.05, 0.1) is 0 Å². The normalized spacial score (nSPS) is 12.7. The summed E-state index contributed by atoms with van der Waals surface area (Å²) in [5.41, 5.74) is 1.62. The minimum Gasteiger partial charge on any atom is -0.309 e. The molecular formula is C16H19F2NS. The average molecular weight is 295 g/mol. The van der Waals surface area contributed by atoms with Crippen molar-refractivity contribution in [1.29, 1.82) is 0 Å². The number of hydrogen-bond donors (Lipinski definition) is 1. The summed E-state index contributed by atoms with van der Waals surface area (Å²) in [4.78, 5) is 2.44. The van der Waals surface area contributed by atoms with Crippen LogP contribution in [0.5, 0.6) is 0 Å². The summed E-state index contributed by atoms with van der Waals surface area (Å²) in [6.45, 7) is 6.93. The number of rotatable bonds is 5. The molecule has 0 saturated heterocycles. The van der Waals surface area contributed by atoms with Crippen molar-refractivity contribution in [2.45, 2.75) is 33.2 Å². The van der Waals surface area contributed by atoms with Crippen LogP contribution >= 0.6 is 11.3 Å². The second-order valence-electron chi connectivity index (χ2n) is 4.93. The van der Waals surface area contributed by atoms with Crippen LogP contribution in [0.4, 0.5) is 8.78 Å². The quantitative estimate of drug-likeness (QED) is 0.854. The maximum absolute atomic E-state index is 13.8. The van der Waals surface area contributed by atoms with Crippen molar-refractivity contribution in [3.8, 4) is 0 Å². The van der Waals surface area contributed by atoms with E-state index in [-0.39, 0.29) is 6.04 Å². The van der Waals surface area contributed by atoms with Gasteiger partial charge in [0, 0.05) is 15.8 Å². The molecule has 0 saturated carbocycles. The molecule has 20 heavy (non-hydrogen) atoms. The summed E-state index contributed by atoms with van der Waals surface area (Å²) in [5, 5.41) is 3.37. The summed E-state index contributed by atoms with van der Waals surface area (Å²) in [6.07, 6.45) is 0.457. The van der Waals surface area contributed by atoms with Gasteiger partial charge in [0.15, 0.2) is 11.6 Å². The zero-order chi connectivity index (χ0) is 14.7.